The lowest BCUT2D eigenvalue weighted by Crippen LogP contribution is -2.36. The van der Waals surface area contributed by atoms with Crippen molar-refractivity contribution in [1.82, 2.24) is 10.3 Å². The van der Waals surface area contributed by atoms with Crippen molar-refractivity contribution >= 4 is 23.1 Å². The minimum Gasteiger partial charge on any atom is -0.304 e. The van der Waals surface area contributed by atoms with Gasteiger partial charge in [0.15, 0.2) is 0 Å². The molecule has 1 aromatic rings. The zero-order valence-electron chi connectivity index (χ0n) is 10.0. The number of aryl methyl sites for hydroxylation is 1. The molecule has 1 N–H and O–H groups in total. The van der Waals surface area contributed by atoms with Gasteiger partial charge >= 0.3 is 0 Å². The molecule has 2 unspecified atom stereocenters. The van der Waals surface area contributed by atoms with Gasteiger partial charge in [-0.25, -0.2) is 4.98 Å². The van der Waals surface area contributed by atoms with E-state index in [-0.39, 0.29) is 0 Å². The van der Waals surface area contributed by atoms with Crippen LogP contribution in [0.3, 0.4) is 0 Å². The third-order valence-electron chi connectivity index (χ3n) is 2.94. The molecule has 0 amide bonds. The summed E-state index contributed by atoms with van der Waals surface area (Å²) in [6.07, 6.45) is 3.82. The molecule has 1 fully saturated rings. The number of nitrogens with zero attached hydrogens (tertiary/aromatic N) is 1. The van der Waals surface area contributed by atoms with Crippen molar-refractivity contribution in [1.29, 1.82) is 0 Å². The molecule has 0 spiro atoms. The van der Waals surface area contributed by atoms with Gasteiger partial charge in [0, 0.05) is 22.9 Å². The molecule has 2 nitrogen and oxygen atoms in total. The van der Waals surface area contributed by atoms with Crippen molar-refractivity contribution in [3.05, 3.63) is 16.1 Å². The number of thiazole rings is 1. The number of hydrogen-bond donors (Lipinski definition) is 1. The predicted octanol–water partition coefficient (Wildman–Crippen LogP) is 3.39. The van der Waals surface area contributed by atoms with Crippen LogP contribution in [0.15, 0.2) is 5.38 Å². The summed E-state index contributed by atoms with van der Waals surface area (Å²) in [5, 5.41) is 7.17. The van der Waals surface area contributed by atoms with Crippen LogP contribution in [0.1, 0.15) is 42.9 Å². The zero-order valence-corrected chi connectivity index (χ0v) is 11.7. The lowest BCUT2D eigenvalue weighted by Gasteiger charge is -2.26. The Kier molecular flexibility index (Phi) is 4.67. The van der Waals surface area contributed by atoms with Gasteiger partial charge in [0.05, 0.1) is 6.04 Å². The fraction of sp³-hybridized carbons (Fsp3) is 0.750. The molecule has 1 saturated heterocycles. The van der Waals surface area contributed by atoms with Gasteiger partial charge in [-0.1, -0.05) is 6.92 Å². The van der Waals surface area contributed by atoms with Crippen LogP contribution in [-0.4, -0.2) is 22.5 Å². The lowest BCUT2D eigenvalue weighted by atomic mass is 10.1. The highest BCUT2D eigenvalue weighted by Gasteiger charge is 2.19. The van der Waals surface area contributed by atoms with E-state index >= 15 is 0 Å². The molecule has 0 aliphatic carbocycles. The summed E-state index contributed by atoms with van der Waals surface area (Å²) >= 11 is 3.87. The summed E-state index contributed by atoms with van der Waals surface area (Å²) in [5.74, 6) is 2.60. The van der Waals surface area contributed by atoms with Crippen molar-refractivity contribution < 1.29 is 0 Å². The molecule has 1 aliphatic rings. The van der Waals surface area contributed by atoms with E-state index in [0.717, 1.165) is 12.1 Å². The van der Waals surface area contributed by atoms with E-state index < -0.39 is 0 Å². The van der Waals surface area contributed by atoms with Gasteiger partial charge in [-0.05, 0) is 31.9 Å². The Morgan fingerprint density at radius 2 is 2.50 bits per heavy atom. The van der Waals surface area contributed by atoms with E-state index in [2.05, 4.69) is 41.3 Å². The highest BCUT2D eigenvalue weighted by Crippen LogP contribution is 2.24. The van der Waals surface area contributed by atoms with E-state index in [1.807, 2.05) is 0 Å². The second kappa shape index (κ2) is 6.03. The quantitative estimate of drug-likeness (QED) is 0.894. The summed E-state index contributed by atoms with van der Waals surface area (Å²) in [6, 6.07) is 1.15. The van der Waals surface area contributed by atoms with Crippen LogP contribution < -0.4 is 5.32 Å². The molecule has 0 radical (unpaired) electrons. The van der Waals surface area contributed by atoms with Crippen LogP contribution in [0.25, 0.3) is 0 Å². The molecular weight excluding hydrogens is 236 g/mol. The van der Waals surface area contributed by atoms with Crippen molar-refractivity contribution in [2.24, 2.45) is 0 Å². The summed E-state index contributed by atoms with van der Waals surface area (Å²) < 4.78 is 0. The highest BCUT2D eigenvalue weighted by atomic mass is 32.2. The second-order valence-corrected chi connectivity index (χ2v) is 6.41. The molecule has 2 atom stereocenters. The zero-order chi connectivity index (χ0) is 11.4. The Balaban J connectivity index is 1.94. The molecule has 0 aromatic carbocycles. The SMILES string of the molecule is CCC(NC1CCCSC1)c1nc(C)cs1. The molecule has 2 heterocycles. The normalized spacial score (nSPS) is 23.2. The molecule has 0 saturated carbocycles. The Labute approximate surface area is 106 Å². The third-order valence-corrected chi connectivity index (χ3v) is 5.23. The fourth-order valence-corrected chi connectivity index (χ4v) is 4.08. The summed E-state index contributed by atoms with van der Waals surface area (Å²) in [6.45, 7) is 4.31. The van der Waals surface area contributed by atoms with E-state index in [0.29, 0.717) is 12.1 Å². The van der Waals surface area contributed by atoms with Crippen LogP contribution >= 0.6 is 23.1 Å². The maximum atomic E-state index is 4.60. The minimum absolute atomic E-state index is 0.461. The highest BCUT2D eigenvalue weighted by molar-refractivity contribution is 7.99. The van der Waals surface area contributed by atoms with Crippen molar-refractivity contribution in [2.45, 2.75) is 45.2 Å². The van der Waals surface area contributed by atoms with Crippen molar-refractivity contribution in [3.63, 3.8) is 0 Å². The van der Waals surface area contributed by atoms with Gasteiger partial charge in [0.2, 0.25) is 0 Å². The molecule has 4 heteroatoms. The standard InChI is InChI=1S/C12H20N2S2/c1-3-11(12-13-9(2)7-16-12)14-10-5-4-6-15-8-10/h7,10-11,14H,3-6,8H2,1-2H3. The topological polar surface area (TPSA) is 24.9 Å². The Morgan fingerprint density at radius 1 is 1.62 bits per heavy atom. The number of rotatable bonds is 4. The monoisotopic (exact) mass is 256 g/mol. The fourth-order valence-electron chi connectivity index (χ4n) is 2.05. The average molecular weight is 256 g/mol. The molecule has 2 rings (SSSR count). The number of aromatic nitrogens is 1. The van der Waals surface area contributed by atoms with Crippen LogP contribution in [0.4, 0.5) is 0 Å². The molecule has 0 bridgehead atoms. The minimum atomic E-state index is 0.461. The number of nitrogens with one attached hydrogen (secondary N) is 1. The maximum absolute atomic E-state index is 4.60. The first kappa shape index (κ1) is 12.4. The van der Waals surface area contributed by atoms with E-state index in [1.54, 1.807) is 11.3 Å². The molecule has 1 aliphatic heterocycles. The van der Waals surface area contributed by atoms with Crippen LogP contribution in [0, 0.1) is 6.92 Å². The first-order valence-electron chi connectivity index (χ1n) is 6.05. The Morgan fingerprint density at radius 3 is 3.06 bits per heavy atom. The molecular formula is C12H20N2S2. The Hall–Kier alpha value is -0.0600. The number of thioether (sulfide) groups is 1. The van der Waals surface area contributed by atoms with E-state index in [9.17, 15) is 0 Å². The van der Waals surface area contributed by atoms with E-state index in [1.165, 1.54) is 29.4 Å². The van der Waals surface area contributed by atoms with Gasteiger partial charge in [0.25, 0.3) is 0 Å². The second-order valence-electron chi connectivity index (χ2n) is 4.37. The first-order chi connectivity index (χ1) is 7.79. The van der Waals surface area contributed by atoms with Crippen LogP contribution in [0.2, 0.25) is 0 Å². The summed E-state index contributed by atoms with van der Waals surface area (Å²) in [5.41, 5.74) is 1.15. The largest absolute Gasteiger partial charge is 0.304 e. The van der Waals surface area contributed by atoms with Gasteiger partial charge in [-0.2, -0.15) is 11.8 Å². The summed E-state index contributed by atoms with van der Waals surface area (Å²) in [7, 11) is 0. The van der Waals surface area contributed by atoms with Gasteiger partial charge in [-0.3, -0.25) is 0 Å². The molecule has 1 aromatic heterocycles. The average Bonchev–Trinajstić information content (AvgIpc) is 2.74. The van der Waals surface area contributed by atoms with Gasteiger partial charge in [-0.15, -0.1) is 11.3 Å². The lowest BCUT2D eigenvalue weighted by molar-refractivity contribution is 0.423. The molecule has 16 heavy (non-hydrogen) atoms. The van der Waals surface area contributed by atoms with Gasteiger partial charge < -0.3 is 5.32 Å². The Bertz CT molecular complexity index is 319. The summed E-state index contributed by atoms with van der Waals surface area (Å²) in [4.78, 5) is 4.60. The van der Waals surface area contributed by atoms with Crippen LogP contribution in [0.5, 0.6) is 0 Å². The third kappa shape index (κ3) is 3.22. The van der Waals surface area contributed by atoms with Gasteiger partial charge in [0.1, 0.15) is 5.01 Å². The van der Waals surface area contributed by atoms with Crippen molar-refractivity contribution in [3.8, 4) is 0 Å². The molecule has 90 valence electrons. The van der Waals surface area contributed by atoms with E-state index in [4.69, 9.17) is 0 Å². The number of hydrogen-bond acceptors (Lipinski definition) is 4. The predicted molar refractivity (Wildman–Crippen MR) is 73.4 cm³/mol. The smallest absolute Gasteiger partial charge is 0.110 e. The maximum Gasteiger partial charge on any atom is 0.110 e. The first-order valence-corrected chi connectivity index (χ1v) is 8.09. The van der Waals surface area contributed by atoms with Crippen LogP contribution in [-0.2, 0) is 0 Å². The van der Waals surface area contributed by atoms with Crippen molar-refractivity contribution in [2.75, 3.05) is 11.5 Å².